The zero-order valence-electron chi connectivity index (χ0n) is 9.03. The highest BCUT2D eigenvalue weighted by molar-refractivity contribution is 5.95. The Kier molecular flexibility index (Phi) is 2.03. The molecule has 0 unspecified atom stereocenters. The highest BCUT2D eigenvalue weighted by Gasteiger charge is 2.17. The average Bonchev–Trinajstić information content (AvgIpc) is 2.29. The number of aromatic hydroxyl groups is 2. The fourth-order valence-electron chi connectivity index (χ4n) is 2.63. The molecule has 0 fully saturated rings. The summed E-state index contributed by atoms with van der Waals surface area (Å²) in [5.41, 5.74) is 2.27. The van der Waals surface area contributed by atoms with E-state index >= 15 is 0 Å². The average molecular weight is 214 g/mol. The first-order chi connectivity index (χ1) is 7.77. The molecule has 0 saturated carbocycles. The van der Waals surface area contributed by atoms with E-state index in [4.69, 9.17) is 0 Å². The third-order valence-electron chi connectivity index (χ3n) is 3.44. The Bertz CT molecular complexity index is 558. The zero-order valence-corrected chi connectivity index (χ0v) is 9.03. The summed E-state index contributed by atoms with van der Waals surface area (Å²) in [6, 6.07) is 7.47. The molecule has 16 heavy (non-hydrogen) atoms. The lowest BCUT2D eigenvalue weighted by molar-refractivity contribution is 0.456. The molecule has 2 nitrogen and oxygen atoms in total. The Hall–Kier alpha value is -1.70. The van der Waals surface area contributed by atoms with Gasteiger partial charge in [0.2, 0.25) is 0 Å². The summed E-state index contributed by atoms with van der Waals surface area (Å²) in [4.78, 5) is 0. The Morgan fingerprint density at radius 1 is 1.00 bits per heavy atom. The van der Waals surface area contributed by atoms with Crippen LogP contribution < -0.4 is 0 Å². The van der Waals surface area contributed by atoms with E-state index in [-0.39, 0.29) is 11.5 Å². The monoisotopic (exact) mass is 214 g/mol. The summed E-state index contributed by atoms with van der Waals surface area (Å²) < 4.78 is 0. The maximum Gasteiger partial charge on any atom is 0.130 e. The molecule has 0 aromatic heterocycles. The molecule has 0 amide bonds. The highest BCUT2D eigenvalue weighted by Crippen LogP contribution is 2.39. The lowest BCUT2D eigenvalue weighted by Crippen LogP contribution is -2.03. The van der Waals surface area contributed by atoms with Crippen molar-refractivity contribution >= 4 is 10.8 Å². The maximum atomic E-state index is 10.2. The van der Waals surface area contributed by atoms with Crippen LogP contribution in [0, 0.1) is 0 Å². The second-order valence-corrected chi connectivity index (χ2v) is 4.45. The van der Waals surface area contributed by atoms with Gasteiger partial charge in [0.1, 0.15) is 11.5 Å². The minimum absolute atomic E-state index is 0.170. The number of benzene rings is 2. The van der Waals surface area contributed by atoms with Crippen LogP contribution in [0.1, 0.15) is 24.0 Å². The van der Waals surface area contributed by atoms with Crippen LogP contribution in [-0.4, -0.2) is 10.2 Å². The van der Waals surface area contributed by atoms with Crippen LogP contribution in [0.4, 0.5) is 0 Å². The third kappa shape index (κ3) is 1.26. The van der Waals surface area contributed by atoms with Crippen LogP contribution in [0.2, 0.25) is 0 Å². The van der Waals surface area contributed by atoms with Crippen molar-refractivity contribution < 1.29 is 10.2 Å². The highest BCUT2D eigenvalue weighted by atomic mass is 16.3. The number of hydrogen-bond acceptors (Lipinski definition) is 2. The van der Waals surface area contributed by atoms with Crippen LogP contribution in [0.25, 0.3) is 10.8 Å². The van der Waals surface area contributed by atoms with E-state index in [0.29, 0.717) is 5.39 Å². The third-order valence-corrected chi connectivity index (χ3v) is 3.44. The minimum Gasteiger partial charge on any atom is -0.507 e. The molecule has 0 heterocycles. The Morgan fingerprint density at radius 2 is 1.81 bits per heavy atom. The number of hydrogen-bond donors (Lipinski definition) is 2. The first-order valence-electron chi connectivity index (χ1n) is 5.73. The molecule has 0 bridgehead atoms. The molecule has 0 saturated heterocycles. The van der Waals surface area contributed by atoms with Crippen molar-refractivity contribution in [1.29, 1.82) is 0 Å². The zero-order chi connectivity index (χ0) is 11.1. The van der Waals surface area contributed by atoms with Crippen LogP contribution >= 0.6 is 0 Å². The van der Waals surface area contributed by atoms with Gasteiger partial charge in [-0.1, -0.05) is 18.2 Å². The normalized spacial score (nSPS) is 15.0. The van der Waals surface area contributed by atoms with Crippen LogP contribution in [0.15, 0.2) is 24.3 Å². The van der Waals surface area contributed by atoms with Gasteiger partial charge in [-0.2, -0.15) is 0 Å². The van der Waals surface area contributed by atoms with Gasteiger partial charge in [-0.05, 0) is 48.3 Å². The number of rotatable bonds is 0. The molecule has 2 N–H and O–H groups in total. The molecule has 0 spiro atoms. The molecule has 2 aromatic carbocycles. The number of phenolic OH excluding ortho intramolecular Hbond substituents is 2. The molecule has 1 aliphatic rings. The van der Waals surface area contributed by atoms with Gasteiger partial charge in [-0.25, -0.2) is 0 Å². The fourth-order valence-corrected chi connectivity index (χ4v) is 2.63. The van der Waals surface area contributed by atoms with Gasteiger partial charge >= 0.3 is 0 Å². The van der Waals surface area contributed by atoms with Crippen molar-refractivity contribution in [2.75, 3.05) is 0 Å². The summed E-state index contributed by atoms with van der Waals surface area (Å²) in [6.07, 6.45) is 4.27. The van der Waals surface area contributed by atoms with E-state index in [1.54, 1.807) is 6.07 Å². The second-order valence-electron chi connectivity index (χ2n) is 4.45. The van der Waals surface area contributed by atoms with Crippen LogP contribution in [-0.2, 0) is 12.8 Å². The van der Waals surface area contributed by atoms with E-state index in [0.717, 1.165) is 30.2 Å². The van der Waals surface area contributed by atoms with Gasteiger partial charge in [-0.3, -0.25) is 0 Å². The molecule has 82 valence electrons. The van der Waals surface area contributed by atoms with Crippen molar-refractivity contribution in [3.63, 3.8) is 0 Å². The van der Waals surface area contributed by atoms with Gasteiger partial charge in [-0.15, -0.1) is 0 Å². The summed E-state index contributed by atoms with van der Waals surface area (Å²) in [7, 11) is 0. The summed E-state index contributed by atoms with van der Waals surface area (Å²) >= 11 is 0. The first kappa shape index (κ1) is 9.52. The summed E-state index contributed by atoms with van der Waals surface area (Å²) in [6.45, 7) is 0. The predicted octanol–water partition coefficient (Wildman–Crippen LogP) is 3.13. The summed E-state index contributed by atoms with van der Waals surface area (Å²) in [5, 5.41) is 21.5. The van der Waals surface area contributed by atoms with Gasteiger partial charge in [0.05, 0.1) is 5.39 Å². The summed E-state index contributed by atoms with van der Waals surface area (Å²) in [5.74, 6) is 0.452. The minimum atomic E-state index is 0.170. The van der Waals surface area contributed by atoms with Gasteiger partial charge < -0.3 is 10.2 Å². The Labute approximate surface area is 94.2 Å². The molecular formula is C14H14O2. The molecular weight excluding hydrogens is 200 g/mol. The van der Waals surface area contributed by atoms with Crippen molar-refractivity contribution in [2.24, 2.45) is 0 Å². The standard InChI is InChI=1S/C14H14O2/c15-12-7-3-5-10-8-9-4-1-2-6-11(9)14(16)13(10)12/h3,5,7-8,15-16H,1-2,4,6H2. The van der Waals surface area contributed by atoms with Crippen LogP contribution in [0.3, 0.4) is 0 Å². The lowest BCUT2D eigenvalue weighted by atomic mass is 9.88. The maximum absolute atomic E-state index is 10.2. The van der Waals surface area contributed by atoms with Gasteiger partial charge in [0.15, 0.2) is 0 Å². The van der Waals surface area contributed by atoms with Gasteiger partial charge in [0.25, 0.3) is 0 Å². The van der Waals surface area contributed by atoms with Crippen molar-refractivity contribution in [1.82, 2.24) is 0 Å². The molecule has 0 radical (unpaired) electrons. The number of phenols is 2. The van der Waals surface area contributed by atoms with E-state index in [1.165, 1.54) is 12.0 Å². The number of fused-ring (bicyclic) bond motifs is 2. The first-order valence-corrected chi connectivity index (χ1v) is 5.73. The molecule has 0 atom stereocenters. The van der Waals surface area contributed by atoms with E-state index < -0.39 is 0 Å². The van der Waals surface area contributed by atoms with Crippen molar-refractivity contribution in [2.45, 2.75) is 25.7 Å². The van der Waals surface area contributed by atoms with Gasteiger partial charge in [0, 0.05) is 0 Å². The lowest BCUT2D eigenvalue weighted by Gasteiger charge is -2.18. The second kappa shape index (κ2) is 3.41. The topological polar surface area (TPSA) is 40.5 Å². The number of aryl methyl sites for hydroxylation is 1. The van der Waals surface area contributed by atoms with Crippen molar-refractivity contribution in [3.8, 4) is 11.5 Å². The van der Waals surface area contributed by atoms with E-state index in [2.05, 4.69) is 6.07 Å². The molecule has 2 heteroatoms. The quantitative estimate of drug-likeness (QED) is 0.707. The van der Waals surface area contributed by atoms with E-state index in [1.807, 2.05) is 12.1 Å². The predicted molar refractivity (Wildman–Crippen MR) is 63.9 cm³/mol. The fraction of sp³-hybridized carbons (Fsp3) is 0.286. The molecule has 1 aliphatic carbocycles. The van der Waals surface area contributed by atoms with E-state index in [9.17, 15) is 10.2 Å². The Balaban J connectivity index is 2.40. The molecule has 0 aliphatic heterocycles. The largest absolute Gasteiger partial charge is 0.507 e. The van der Waals surface area contributed by atoms with Crippen LogP contribution in [0.5, 0.6) is 11.5 Å². The Morgan fingerprint density at radius 3 is 2.69 bits per heavy atom. The molecule has 3 rings (SSSR count). The molecule has 2 aromatic rings. The smallest absolute Gasteiger partial charge is 0.130 e. The SMILES string of the molecule is Oc1cccc2cc3c(c(O)c12)CCCC3. The van der Waals surface area contributed by atoms with Crippen molar-refractivity contribution in [3.05, 3.63) is 35.4 Å².